The molecule has 0 radical (unpaired) electrons. The van der Waals surface area contributed by atoms with Crippen LogP contribution in [0.1, 0.15) is 5.69 Å². The molecule has 0 saturated carbocycles. The minimum atomic E-state index is -0.481. The highest BCUT2D eigenvalue weighted by molar-refractivity contribution is 9.10. The second-order valence-corrected chi connectivity index (χ2v) is 4.32. The zero-order chi connectivity index (χ0) is 13.1. The third-order valence-electron chi connectivity index (χ3n) is 2.24. The Bertz CT molecular complexity index is 602. The van der Waals surface area contributed by atoms with E-state index in [-0.39, 0.29) is 11.4 Å². The van der Waals surface area contributed by atoms with Crippen molar-refractivity contribution in [1.29, 1.82) is 0 Å². The molecule has 5 nitrogen and oxygen atoms in total. The second kappa shape index (κ2) is 5.14. The monoisotopic (exact) mass is 308 g/mol. The van der Waals surface area contributed by atoms with E-state index >= 15 is 0 Å². The summed E-state index contributed by atoms with van der Waals surface area (Å²) in [5, 5.41) is 10.8. The van der Waals surface area contributed by atoms with Crippen LogP contribution in [-0.2, 0) is 0 Å². The summed E-state index contributed by atoms with van der Waals surface area (Å²) < 4.78 is 6.02. The third kappa shape index (κ3) is 2.65. The van der Waals surface area contributed by atoms with Crippen molar-refractivity contribution in [3.63, 3.8) is 0 Å². The van der Waals surface area contributed by atoms with Crippen molar-refractivity contribution in [1.82, 2.24) is 4.98 Å². The van der Waals surface area contributed by atoms with E-state index in [1.165, 1.54) is 6.07 Å². The molecule has 0 aliphatic carbocycles. The number of aromatic nitrogens is 1. The molecular formula is C12H9BrN2O3. The topological polar surface area (TPSA) is 65.3 Å². The molecule has 0 N–H and O–H groups in total. The highest BCUT2D eigenvalue weighted by Crippen LogP contribution is 2.33. The minimum Gasteiger partial charge on any atom is -0.447 e. The Kier molecular flexibility index (Phi) is 3.57. The Balaban J connectivity index is 2.37. The van der Waals surface area contributed by atoms with Crippen molar-refractivity contribution < 1.29 is 9.66 Å². The van der Waals surface area contributed by atoms with Gasteiger partial charge in [-0.1, -0.05) is 12.1 Å². The van der Waals surface area contributed by atoms with Gasteiger partial charge in [-0.2, -0.15) is 0 Å². The van der Waals surface area contributed by atoms with Crippen molar-refractivity contribution >= 4 is 21.6 Å². The van der Waals surface area contributed by atoms with E-state index in [1.54, 1.807) is 30.3 Å². The maximum Gasteiger partial charge on any atom is 0.311 e. The van der Waals surface area contributed by atoms with Gasteiger partial charge in [0.05, 0.1) is 4.92 Å². The lowest BCUT2D eigenvalue weighted by atomic mass is 10.3. The Hall–Kier alpha value is -1.95. The predicted molar refractivity (Wildman–Crippen MR) is 69.8 cm³/mol. The van der Waals surface area contributed by atoms with E-state index in [1.807, 2.05) is 6.92 Å². The molecule has 92 valence electrons. The summed E-state index contributed by atoms with van der Waals surface area (Å²) in [7, 11) is 0. The van der Waals surface area contributed by atoms with Crippen LogP contribution in [-0.4, -0.2) is 9.91 Å². The van der Waals surface area contributed by atoms with Crippen LogP contribution in [0.5, 0.6) is 11.5 Å². The van der Waals surface area contributed by atoms with Crippen molar-refractivity contribution in [3.8, 4) is 11.5 Å². The lowest BCUT2D eigenvalue weighted by Crippen LogP contribution is -1.94. The van der Waals surface area contributed by atoms with Gasteiger partial charge in [-0.15, -0.1) is 0 Å². The fraction of sp³-hybridized carbons (Fsp3) is 0.0833. The van der Waals surface area contributed by atoms with E-state index < -0.39 is 4.92 Å². The van der Waals surface area contributed by atoms with Gasteiger partial charge < -0.3 is 4.74 Å². The van der Waals surface area contributed by atoms with E-state index in [0.29, 0.717) is 10.4 Å². The molecule has 0 atom stereocenters. The zero-order valence-corrected chi connectivity index (χ0v) is 11.0. The highest BCUT2D eigenvalue weighted by Gasteiger charge is 2.15. The lowest BCUT2D eigenvalue weighted by Gasteiger charge is -2.07. The highest BCUT2D eigenvalue weighted by atomic mass is 79.9. The van der Waals surface area contributed by atoms with Gasteiger partial charge >= 0.3 is 5.69 Å². The summed E-state index contributed by atoms with van der Waals surface area (Å²) >= 11 is 3.26. The van der Waals surface area contributed by atoms with Gasteiger partial charge in [0.15, 0.2) is 5.75 Å². The van der Waals surface area contributed by atoms with Gasteiger partial charge in [0.2, 0.25) is 5.75 Å². The minimum absolute atomic E-state index is 0.0787. The first-order valence-corrected chi connectivity index (χ1v) is 5.91. The molecule has 0 aliphatic rings. The number of pyridine rings is 1. The van der Waals surface area contributed by atoms with Gasteiger partial charge in [0.25, 0.3) is 0 Å². The Labute approximate surface area is 112 Å². The quantitative estimate of drug-likeness (QED) is 0.490. The first-order valence-electron chi connectivity index (χ1n) is 5.12. The number of nitro benzene ring substituents is 1. The summed E-state index contributed by atoms with van der Waals surface area (Å²) in [5.74, 6) is 0.628. The summed E-state index contributed by atoms with van der Waals surface area (Å²) in [4.78, 5) is 14.5. The summed E-state index contributed by atoms with van der Waals surface area (Å²) in [6.07, 6.45) is 0. The van der Waals surface area contributed by atoms with E-state index in [2.05, 4.69) is 20.9 Å². The summed E-state index contributed by atoms with van der Waals surface area (Å²) in [6, 6.07) is 9.69. The first-order chi connectivity index (χ1) is 8.58. The molecule has 0 bridgehead atoms. The molecule has 1 aromatic heterocycles. The maximum absolute atomic E-state index is 10.8. The van der Waals surface area contributed by atoms with Crippen LogP contribution in [0.4, 0.5) is 5.69 Å². The number of benzene rings is 1. The van der Waals surface area contributed by atoms with Crippen LogP contribution in [0.15, 0.2) is 41.0 Å². The molecule has 0 fully saturated rings. The fourth-order valence-corrected chi connectivity index (χ4v) is 1.89. The molecule has 18 heavy (non-hydrogen) atoms. The smallest absolute Gasteiger partial charge is 0.311 e. The number of para-hydroxylation sites is 2. The number of nitro groups is 1. The first kappa shape index (κ1) is 12.5. The van der Waals surface area contributed by atoms with Gasteiger partial charge in [0.1, 0.15) is 4.60 Å². The normalized spacial score (nSPS) is 10.1. The van der Waals surface area contributed by atoms with Crippen molar-refractivity contribution in [2.75, 3.05) is 0 Å². The zero-order valence-electron chi connectivity index (χ0n) is 9.46. The van der Waals surface area contributed by atoms with Crippen LogP contribution >= 0.6 is 15.9 Å². The molecule has 1 heterocycles. The van der Waals surface area contributed by atoms with Crippen molar-refractivity contribution in [2.24, 2.45) is 0 Å². The van der Waals surface area contributed by atoms with Gasteiger partial charge in [-0.25, -0.2) is 4.98 Å². The second-order valence-electron chi connectivity index (χ2n) is 3.57. The number of nitrogens with zero attached hydrogens (tertiary/aromatic N) is 2. The number of hydrogen-bond donors (Lipinski definition) is 0. The SMILES string of the molecule is Cc1ccc(Oc2ccccc2[N+](=O)[O-])c(Br)n1. The number of ether oxygens (including phenoxy) is 1. The summed E-state index contributed by atoms with van der Waals surface area (Å²) in [6.45, 7) is 1.85. The van der Waals surface area contributed by atoms with Gasteiger partial charge in [0, 0.05) is 11.8 Å². The average molecular weight is 309 g/mol. The molecule has 0 unspecified atom stereocenters. The molecule has 0 spiro atoms. The number of hydrogen-bond acceptors (Lipinski definition) is 4. The van der Waals surface area contributed by atoms with Crippen LogP contribution < -0.4 is 4.74 Å². The predicted octanol–water partition coefficient (Wildman–Crippen LogP) is 3.85. The Morgan fingerprint density at radius 3 is 2.61 bits per heavy atom. The van der Waals surface area contributed by atoms with E-state index in [9.17, 15) is 10.1 Å². The number of aryl methyl sites for hydroxylation is 1. The van der Waals surface area contributed by atoms with Crippen LogP contribution in [0.2, 0.25) is 0 Å². The average Bonchev–Trinajstić information content (AvgIpc) is 2.33. The molecule has 0 aliphatic heterocycles. The molecule has 0 amide bonds. The fourth-order valence-electron chi connectivity index (χ4n) is 1.40. The van der Waals surface area contributed by atoms with E-state index in [4.69, 9.17) is 4.74 Å². The molecular weight excluding hydrogens is 300 g/mol. The number of rotatable bonds is 3. The van der Waals surface area contributed by atoms with E-state index in [0.717, 1.165) is 5.69 Å². The molecule has 2 rings (SSSR count). The molecule has 0 saturated heterocycles. The Morgan fingerprint density at radius 2 is 1.94 bits per heavy atom. The maximum atomic E-state index is 10.8. The number of halogens is 1. The van der Waals surface area contributed by atoms with Gasteiger partial charge in [-0.05, 0) is 41.1 Å². The van der Waals surface area contributed by atoms with Crippen LogP contribution in [0.3, 0.4) is 0 Å². The molecule has 2 aromatic rings. The van der Waals surface area contributed by atoms with Crippen molar-refractivity contribution in [3.05, 3.63) is 56.8 Å². The van der Waals surface area contributed by atoms with Crippen LogP contribution in [0.25, 0.3) is 0 Å². The summed E-state index contributed by atoms with van der Waals surface area (Å²) in [5.41, 5.74) is 0.752. The van der Waals surface area contributed by atoms with Crippen molar-refractivity contribution in [2.45, 2.75) is 6.92 Å². The Morgan fingerprint density at radius 1 is 1.22 bits per heavy atom. The standard InChI is InChI=1S/C12H9BrN2O3/c1-8-6-7-11(12(13)14-8)18-10-5-3-2-4-9(10)15(16)17/h2-7H,1H3. The molecule has 1 aromatic carbocycles. The lowest BCUT2D eigenvalue weighted by molar-refractivity contribution is -0.385. The molecule has 6 heteroatoms. The third-order valence-corrected chi connectivity index (χ3v) is 2.80. The van der Waals surface area contributed by atoms with Crippen LogP contribution in [0, 0.1) is 17.0 Å². The van der Waals surface area contributed by atoms with Gasteiger partial charge in [-0.3, -0.25) is 10.1 Å². The largest absolute Gasteiger partial charge is 0.447 e.